The second-order valence-electron chi connectivity index (χ2n) is 11.6. The summed E-state index contributed by atoms with van der Waals surface area (Å²) >= 11 is 13.0. The van der Waals surface area contributed by atoms with E-state index in [0.29, 0.717) is 22.2 Å². The molecule has 2 fully saturated rings. The molecule has 2 saturated heterocycles. The molecule has 2 unspecified atom stereocenters. The van der Waals surface area contributed by atoms with Crippen LogP contribution in [0.3, 0.4) is 0 Å². The number of rotatable bonds is 7. The van der Waals surface area contributed by atoms with Crippen LogP contribution in [-0.2, 0) is 15.7 Å². The molecule has 7 heteroatoms. The van der Waals surface area contributed by atoms with Crippen molar-refractivity contribution in [2.45, 2.75) is 62.9 Å². The van der Waals surface area contributed by atoms with Crippen LogP contribution in [-0.4, -0.2) is 53.8 Å². The minimum Gasteiger partial charge on any atom is -0.347 e. The third-order valence-electron chi connectivity index (χ3n) is 9.19. The lowest BCUT2D eigenvalue weighted by Gasteiger charge is -2.54. The number of nitrogens with one attached hydrogen (secondary N) is 1. The second kappa shape index (κ2) is 12.6. The Morgan fingerprint density at radius 1 is 0.854 bits per heavy atom. The molecule has 3 aromatic rings. The molecule has 0 spiro atoms. The largest absolute Gasteiger partial charge is 0.347 e. The van der Waals surface area contributed by atoms with E-state index < -0.39 is 0 Å². The van der Waals surface area contributed by atoms with Gasteiger partial charge in [-0.05, 0) is 67.5 Å². The Kier molecular flexibility index (Phi) is 9.08. The van der Waals surface area contributed by atoms with Gasteiger partial charge in [0.25, 0.3) is 5.91 Å². The molecular weight excluding hydrogens is 553 g/mol. The summed E-state index contributed by atoms with van der Waals surface area (Å²) in [6.45, 7) is 6.86. The maximum absolute atomic E-state index is 13.7. The zero-order valence-electron chi connectivity index (χ0n) is 23.9. The molecule has 2 heterocycles. The Bertz CT molecular complexity index is 1360. The highest BCUT2D eigenvalue weighted by atomic mass is 35.5. The summed E-state index contributed by atoms with van der Waals surface area (Å²) in [5.41, 5.74) is 2.30. The average Bonchev–Trinajstić information content (AvgIpc) is 3.00. The third-order valence-corrected chi connectivity index (χ3v) is 9.92. The van der Waals surface area contributed by atoms with Gasteiger partial charge in [-0.3, -0.25) is 14.5 Å². The molecule has 3 aromatic carbocycles. The predicted molar refractivity (Wildman–Crippen MR) is 167 cm³/mol. The fraction of sp³-hybridized carbons (Fsp3) is 0.412. The molecule has 5 nitrogen and oxygen atoms in total. The van der Waals surface area contributed by atoms with Crippen LogP contribution < -0.4 is 5.32 Å². The monoisotopic (exact) mass is 591 g/mol. The summed E-state index contributed by atoms with van der Waals surface area (Å²) in [5.74, 6) is 0.0564. The highest BCUT2D eigenvalue weighted by Gasteiger charge is 2.48. The summed E-state index contributed by atoms with van der Waals surface area (Å²) < 4.78 is 0. The van der Waals surface area contributed by atoms with Crippen LogP contribution in [0.5, 0.6) is 0 Å². The van der Waals surface area contributed by atoms with E-state index in [1.807, 2.05) is 65.6 Å². The predicted octanol–water partition coefficient (Wildman–Crippen LogP) is 7.07. The van der Waals surface area contributed by atoms with Gasteiger partial charge in [-0.2, -0.15) is 0 Å². The van der Waals surface area contributed by atoms with Crippen molar-refractivity contribution >= 4 is 35.0 Å². The number of hydrogen-bond donors (Lipinski definition) is 1. The van der Waals surface area contributed by atoms with Crippen LogP contribution in [0.15, 0.2) is 78.9 Å². The van der Waals surface area contributed by atoms with Crippen molar-refractivity contribution in [2.75, 3.05) is 26.2 Å². The molecule has 0 aromatic heterocycles. The molecule has 216 valence electrons. The Labute approximate surface area is 253 Å². The SMILES string of the molecule is CCC(N1CCC(NC(C)=O)(c2ccccc2)CC1)C1(c2ccc(Cl)c(Cl)c2)CCCN(C(=O)c2ccccc2)C1. The standard InChI is InChI=1S/C34H39Cl2N3O2/c1-3-31(38-21-18-34(19-22-38,37-25(2)40)27-13-8-5-9-14-27)33(28-15-16-29(35)30(36)23-28)17-10-20-39(24-33)32(41)26-11-6-4-7-12-26/h4-9,11-16,23,31H,3,10,17-22,24H2,1-2H3,(H,37,40). The minimum atomic E-state index is -0.388. The summed E-state index contributed by atoms with van der Waals surface area (Å²) in [5, 5.41) is 4.39. The van der Waals surface area contributed by atoms with Gasteiger partial charge in [0.15, 0.2) is 0 Å². The van der Waals surface area contributed by atoms with Gasteiger partial charge in [0.2, 0.25) is 5.91 Å². The van der Waals surface area contributed by atoms with Gasteiger partial charge in [0, 0.05) is 50.1 Å². The van der Waals surface area contributed by atoms with E-state index in [1.165, 1.54) is 0 Å². The Morgan fingerprint density at radius 2 is 1.51 bits per heavy atom. The highest BCUT2D eigenvalue weighted by molar-refractivity contribution is 6.42. The number of carbonyl (C=O) groups excluding carboxylic acids is 2. The maximum Gasteiger partial charge on any atom is 0.253 e. The van der Waals surface area contributed by atoms with E-state index in [0.717, 1.165) is 62.9 Å². The molecule has 2 aliphatic rings. The Hall–Kier alpha value is -2.86. The molecule has 0 radical (unpaired) electrons. The topological polar surface area (TPSA) is 52.7 Å². The van der Waals surface area contributed by atoms with Crippen molar-refractivity contribution in [3.8, 4) is 0 Å². The van der Waals surface area contributed by atoms with E-state index in [4.69, 9.17) is 23.2 Å². The van der Waals surface area contributed by atoms with Gasteiger partial charge in [-0.1, -0.05) is 84.7 Å². The quantitative estimate of drug-likeness (QED) is 0.319. The van der Waals surface area contributed by atoms with Gasteiger partial charge >= 0.3 is 0 Å². The van der Waals surface area contributed by atoms with Crippen molar-refractivity contribution in [3.63, 3.8) is 0 Å². The van der Waals surface area contributed by atoms with Crippen molar-refractivity contribution in [1.29, 1.82) is 0 Å². The second-order valence-corrected chi connectivity index (χ2v) is 12.4. The highest BCUT2D eigenvalue weighted by Crippen LogP contribution is 2.45. The fourth-order valence-electron chi connectivity index (χ4n) is 7.32. The number of carbonyl (C=O) groups is 2. The summed E-state index contributed by atoms with van der Waals surface area (Å²) in [6, 6.07) is 26.1. The van der Waals surface area contributed by atoms with Crippen LogP contribution >= 0.6 is 23.2 Å². The molecule has 2 amide bonds. The summed E-state index contributed by atoms with van der Waals surface area (Å²) in [4.78, 5) is 30.6. The van der Waals surface area contributed by atoms with Crippen LogP contribution in [0.2, 0.25) is 10.0 Å². The lowest BCUT2D eigenvalue weighted by Crippen LogP contribution is -2.62. The molecule has 41 heavy (non-hydrogen) atoms. The number of likely N-dealkylation sites (tertiary alicyclic amines) is 2. The van der Waals surface area contributed by atoms with Crippen molar-refractivity contribution in [1.82, 2.24) is 15.1 Å². The molecule has 0 aliphatic carbocycles. The molecule has 2 aliphatic heterocycles. The smallest absolute Gasteiger partial charge is 0.253 e. The van der Waals surface area contributed by atoms with Crippen LogP contribution in [0.25, 0.3) is 0 Å². The lowest BCUT2D eigenvalue weighted by molar-refractivity contribution is -0.122. The molecule has 2 atom stereocenters. The number of halogens is 2. The van der Waals surface area contributed by atoms with E-state index in [1.54, 1.807) is 6.92 Å². The van der Waals surface area contributed by atoms with E-state index >= 15 is 0 Å². The third kappa shape index (κ3) is 6.04. The molecule has 0 bridgehead atoms. The van der Waals surface area contributed by atoms with Gasteiger partial charge in [-0.25, -0.2) is 0 Å². The minimum absolute atomic E-state index is 0.0102. The normalized spacial score (nSPS) is 21.7. The molecular formula is C34H39Cl2N3O2. The number of amides is 2. The summed E-state index contributed by atoms with van der Waals surface area (Å²) in [7, 11) is 0. The molecule has 1 N–H and O–H groups in total. The first-order chi connectivity index (χ1) is 19.8. The Balaban J connectivity index is 1.49. The maximum atomic E-state index is 13.7. The first kappa shape index (κ1) is 29.6. The molecule has 0 saturated carbocycles. The van der Waals surface area contributed by atoms with E-state index in [9.17, 15) is 9.59 Å². The zero-order chi connectivity index (χ0) is 29.0. The van der Waals surface area contributed by atoms with Crippen LogP contribution in [0, 0.1) is 0 Å². The van der Waals surface area contributed by atoms with Crippen LogP contribution in [0.1, 0.15) is 67.4 Å². The number of nitrogens with zero attached hydrogens (tertiary/aromatic N) is 2. The van der Waals surface area contributed by atoms with Crippen molar-refractivity contribution < 1.29 is 9.59 Å². The zero-order valence-corrected chi connectivity index (χ0v) is 25.4. The lowest BCUT2D eigenvalue weighted by atomic mass is 9.66. The Morgan fingerprint density at radius 3 is 2.12 bits per heavy atom. The number of piperidine rings is 2. The fourth-order valence-corrected chi connectivity index (χ4v) is 7.62. The average molecular weight is 593 g/mol. The first-order valence-corrected chi connectivity index (χ1v) is 15.4. The number of benzene rings is 3. The van der Waals surface area contributed by atoms with Gasteiger partial charge < -0.3 is 10.2 Å². The van der Waals surface area contributed by atoms with E-state index in [-0.39, 0.29) is 28.8 Å². The first-order valence-electron chi connectivity index (χ1n) is 14.7. The summed E-state index contributed by atoms with van der Waals surface area (Å²) in [6.07, 6.45) is 4.41. The van der Waals surface area contributed by atoms with Crippen molar-refractivity contribution in [2.24, 2.45) is 0 Å². The van der Waals surface area contributed by atoms with Gasteiger partial charge in [0.05, 0.1) is 15.6 Å². The molecule has 5 rings (SSSR count). The van der Waals surface area contributed by atoms with Crippen molar-refractivity contribution in [3.05, 3.63) is 106 Å². The van der Waals surface area contributed by atoms with Gasteiger partial charge in [-0.15, -0.1) is 0 Å². The van der Waals surface area contributed by atoms with E-state index in [2.05, 4.69) is 35.3 Å². The number of hydrogen-bond acceptors (Lipinski definition) is 3. The van der Waals surface area contributed by atoms with Gasteiger partial charge in [0.1, 0.15) is 0 Å². The van der Waals surface area contributed by atoms with Crippen LogP contribution in [0.4, 0.5) is 0 Å².